The maximum absolute atomic E-state index is 13.9. The van der Waals surface area contributed by atoms with Crippen LogP contribution in [0.25, 0.3) is 11.3 Å². The van der Waals surface area contributed by atoms with Crippen LogP contribution < -0.4 is 4.74 Å². The van der Waals surface area contributed by atoms with Gasteiger partial charge in [-0.15, -0.1) is 0 Å². The zero-order valence-electron chi connectivity index (χ0n) is 15.3. The van der Waals surface area contributed by atoms with E-state index in [9.17, 15) is 8.78 Å². The Bertz CT molecular complexity index is 960. The van der Waals surface area contributed by atoms with Crippen LogP contribution in [0.2, 0.25) is 0 Å². The number of halogens is 2. The highest BCUT2D eigenvalue weighted by Crippen LogP contribution is 2.31. The fraction of sp³-hybridized carbons (Fsp3) is 0.286. The van der Waals surface area contributed by atoms with Crippen molar-refractivity contribution < 1.29 is 23.0 Å². The highest BCUT2D eigenvalue weighted by atomic mass is 19.2. The van der Waals surface area contributed by atoms with Gasteiger partial charge in [0.05, 0.1) is 25.5 Å². The first-order chi connectivity index (χ1) is 13.7. The van der Waals surface area contributed by atoms with Crippen molar-refractivity contribution >= 4 is 0 Å². The van der Waals surface area contributed by atoms with E-state index in [-0.39, 0.29) is 24.3 Å². The molecule has 0 saturated carbocycles. The molecule has 1 aliphatic heterocycles. The Kier molecular flexibility index (Phi) is 5.36. The molecule has 0 spiro atoms. The zero-order chi connectivity index (χ0) is 19.5. The smallest absolute Gasteiger partial charge is 0.163 e. The van der Waals surface area contributed by atoms with Gasteiger partial charge in [0, 0.05) is 24.4 Å². The fourth-order valence-electron chi connectivity index (χ4n) is 3.23. The van der Waals surface area contributed by atoms with Gasteiger partial charge in [0.1, 0.15) is 11.9 Å². The third kappa shape index (κ3) is 3.76. The second-order valence-corrected chi connectivity index (χ2v) is 6.58. The van der Waals surface area contributed by atoms with Crippen LogP contribution in [0.4, 0.5) is 8.78 Å². The molecule has 146 valence electrons. The molecule has 5 nitrogen and oxygen atoms in total. The summed E-state index contributed by atoms with van der Waals surface area (Å²) in [4.78, 5) is 0. The second kappa shape index (κ2) is 8.08. The summed E-state index contributed by atoms with van der Waals surface area (Å²) in [5.41, 5.74) is 1.73. The van der Waals surface area contributed by atoms with Gasteiger partial charge in [-0.1, -0.05) is 24.3 Å². The van der Waals surface area contributed by atoms with E-state index in [0.29, 0.717) is 24.7 Å². The molecule has 7 heteroatoms. The first kappa shape index (κ1) is 18.6. The third-order valence-electron chi connectivity index (χ3n) is 4.73. The number of benzene rings is 2. The minimum Gasteiger partial charge on any atom is -0.484 e. The molecule has 2 heterocycles. The summed E-state index contributed by atoms with van der Waals surface area (Å²) in [5.74, 6) is -1.05. The van der Waals surface area contributed by atoms with Crippen molar-refractivity contribution in [3.05, 3.63) is 71.9 Å². The normalized spacial score (nSPS) is 19.1. The van der Waals surface area contributed by atoms with Crippen LogP contribution in [0.15, 0.2) is 54.7 Å². The minimum atomic E-state index is -0.866. The number of hydrogen-bond acceptors (Lipinski definition) is 4. The average molecular weight is 386 g/mol. The summed E-state index contributed by atoms with van der Waals surface area (Å²) in [6, 6.07) is 13.5. The van der Waals surface area contributed by atoms with E-state index in [1.165, 1.54) is 6.07 Å². The molecular formula is C21H20F2N2O3. The van der Waals surface area contributed by atoms with Crippen molar-refractivity contribution in [1.29, 1.82) is 0 Å². The first-order valence-corrected chi connectivity index (χ1v) is 8.98. The molecule has 1 fully saturated rings. The summed E-state index contributed by atoms with van der Waals surface area (Å²) in [6.45, 7) is 1.09. The summed E-state index contributed by atoms with van der Waals surface area (Å²) in [6.07, 6.45) is 1.41. The lowest BCUT2D eigenvalue weighted by molar-refractivity contribution is 0.0328. The molecule has 0 bridgehead atoms. The van der Waals surface area contributed by atoms with E-state index in [2.05, 4.69) is 5.10 Å². The number of ether oxygens (including phenoxy) is 3. The predicted octanol–water partition coefficient (Wildman–Crippen LogP) is 3.67. The van der Waals surface area contributed by atoms with Crippen molar-refractivity contribution in [3.8, 4) is 17.0 Å². The Labute approximate surface area is 161 Å². The third-order valence-corrected chi connectivity index (χ3v) is 4.73. The molecule has 3 aromatic rings. The molecule has 1 saturated heterocycles. The molecule has 28 heavy (non-hydrogen) atoms. The van der Waals surface area contributed by atoms with E-state index < -0.39 is 11.6 Å². The lowest BCUT2D eigenvalue weighted by atomic mass is 10.1. The SMILES string of the molecule is COC1COC[C@H]1Oc1ccccc1-c1ccn(Cc2cccc(F)c2F)n1. The first-order valence-electron chi connectivity index (χ1n) is 8.98. The van der Waals surface area contributed by atoms with Crippen LogP contribution in [-0.2, 0) is 16.0 Å². The molecule has 2 aromatic carbocycles. The second-order valence-electron chi connectivity index (χ2n) is 6.58. The number of rotatable bonds is 6. The van der Waals surface area contributed by atoms with Gasteiger partial charge in [-0.05, 0) is 24.3 Å². The summed E-state index contributed by atoms with van der Waals surface area (Å²) >= 11 is 0. The Morgan fingerprint density at radius 2 is 1.89 bits per heavy atom. The van der Waals surface area contributed by atoms with Gasteiger partial charge in [-0.3, -0.25) is 4.68 Å². The summed E-state index contributed by atoms with van der Waals surface area (Å²) < 4.78 is 45.9. The molecular weight excluding hydrogens is 366 g/mol. The molecule has 0 radical (unpaired) electrons. The van der Waals surface area contributed by atoms with Crippen LogP contribution >= 0.6 is 0 Å². The van der Waals surface area contributed by atoms with Crippen molar-refractivity contribution in [2.75, 3.05) is 20.3 Å². The number of para-hydroxylation sites is 1. The summed E-state index contributed by atoms with van der Waals surface area (Å²) in [7, 11) is 1.63. The van der Waals surface area contributed by atoms with Crippen LogP contribution in [0.5, 0.6) is 5.75 Å². The van der Waals surface area contributed by atoms with E-state index in [4.69, 9.17) is 14.2 Å². The standard InChI is InChI=1S/C21H20F2N2O3/c1-26-19-12-27-13-20(19)28-18-8-3-2-6-15(18)17-9-10-25(24-17)11-14-5-4-7-16(22)21(14)23/h2-10,19-20H,11-13H2,1H3/t19?,20-/m1/s1. The molecule has 1 unspecified atom stereocenters. The van der Waals surface area contributed by atoms with Gasteiger partial charge < -0.3 is 14.2 Å². The molecule has 1 aromatic heterocycles. The topological polar surface area (TPSA) is 45.5 Å². The number of hydrogen-bond donors (Lipinski definition) is 0. The molecule has 0 aliphatic carbocycles. The van der Waals surface area contributed by atoms with Gasteiger partial charge in [0.2, 0.25) is 0 Å². The van der Waals surface area contributed by atoms with Crippen LogP contribution in [0.3, 0.4) is 0 Å². The van der Waals surface area contributed by atoms with E-state index in [1.54, 1.807) is 24.1 Å². The lowest BCUT2D eigenvalue weighted by Gasteiger charge is -2.19. The average Bonchev–Trinajstić information content (AvgIpc) is 3.35. The van der Waals surface area contributed by atoms with Crippen LogP contribution in [0.1, 0.15) is 5.56 Å². The monoisotopic (exact) mass is 386 g/mol. The Morgan fingerprint density at radius 3 is 2.75 bits per heavy atom. The Hall–Kier alpha value is -2.77. The quantitative estimate of drug-likeness (QED) is 0.649. The number of nitrogens with zero attached hydrogens (tertiary/aromatic N) is 2. The number of methoxy groups -OCH3 is 1. The molecule has 2 atom stereocenters. The molecule has 0 N–H and O–H groups in total. The van der Waals surface area contributed by atoms with E-state index in [0.717, 1.165) is 11.6 Å². The zero-order valence-corrected chi connectivity index (χ0v) is 15.3. The predicted molar refractivity (Wildman–Crippen MR) is 99.2 cm³/mol. The molecule has 0 amide bonds. The van der Waals surface area contributed by atoms with Crippen molar-refractivity contribution in [1.82, 2.24) is 9.78 Å². The summed E-state index contributed by atoms with van der Waals surface area (Å²) in [5, 5.41) is 4.51. The fourth-order valence-corrected chi connectivity index (χ4v) is 3.23. The van der Waals surface area contributed by atoms with Crippen molar-refractivity contribution in [2.24, 2.45) is 0 Å². The van der Waals surface area contributed by atoms with E-state index in [1.807, 2.05) is 30.3 Å². The minimum absolute atomic E-state index is 0.124. The highest BCUT2D eigenvalue weighted by Gasteiger charge is 2.30. The van der Waals surface area contributed by atoms with Gasteiger partial charge in [0.25, 0.3) is 0 Å². The van der Waals surface area contributed by atoms with Gasteiger partial charge in [-0.25, -0.2) is 8.78 Å². The van der Waals surface area contributed by atoms with E-state index >= 15 is 0 Å². The van der Waals surface area contributed by atoms with Crippen molar-refractivity contribution in [3.63, 3.8) is 0 Å². The van der Waals surface area contributed by atoms with Gasteiger partial charge >= 0.3 is 0 Å². The Morgan fingerprint density at radius 1 is 1.07 bits per heavy atom. The molecule has 4 rings (SSSR count). The van der Waals surface area contributed by atoms with Gasteiger partial charge in [-0.2, -0.15) is 5.10 Å². The largest absolute Gasteiger partial charge is 0.484 e. The maximum Gasteiger partial charge on any atom is 0.163 e. The van der Waals surface area contributed by atoms with Crippen LogP contribution in [-0.4, -0.2) is 42.3 Å². The lowest BCUT2D eigenvalue weighted by Crippen LogP contribution is -2.31. The molecule has 1 aliphatic rings. The van der Waals surface area contributed by atoms with Crippen LogP contribution in [0, 0.1) is 11.6 Å². The van der Waals surface area contributed by atoms with Crippen molar-refractivity contribution in [2.45, 2.75) is 18.8 Å². The highest BCUT2D eigenvalue weighted by molar-refractivity contribution is 5.66. The van der Waals surface area contributed by atoms with Gasteiger partial charge in [0.15, 0.2) is 17.7 Å². The maximum atomic E-state index is 13.9. The number of aromatic nitrogens is 2. The Balaban J connectivity index is 1.56.